The van der Waals surface area contributed by atoms with Gasteiger partial charge in [-0.15, -0.1) is 11.8 Å². The number of fused-ring (bicyclic) bond motifs is 5. The first kappa shape index (κ1) is 100. The summed E-state index contributed by atoms with van der Waals surface area (Å²) in [6.07, 6.45) is 2.39. The van der Waals surface area contributed by atoms with Gasteiger partial charge >= 0.3 is 5.97 Å². The molecule has 0 bridgehead atoms. The number of nitrogens with one attached hydrogen (secondary N) is 11. The van der Waals surface area contributed by atoms with Gasteiger partial charge in [-0.05, 0) is 112 Å². The van der Waals surface area contributed by atoms with E-state index < -0.39 is 248 Å². The van der Waals surface area contributed by atoms with Crippen LogP contribution in [-0.2, 0) is 106 Å². The first-order valence-electron chi connectivity index (χ1n) is 43.7. The van der Waals surface area contributed by atoms with Crippen molar-refractivity contribution in [3.8, 4) is 5.75 Å². The maximum Gasteiger partial charge on any atom is 0.305 e. The summed E-state index contributed by atoms with van der Waals surface area (Å²) < 4.78 is 0. The number of aromatic hydroxyl groups is 1. The van der Waals surface area contributed by atoms with Gasteiger partial charge < -0.3 is 121 Å². The predicted octanol–water partition coefficient (Wildman–Crippen LogP) is -2.80. The number of carbonyl (C=O) groups excluding carboxylic acids is 17. The van der Waals surface area contributed by atoms with Crippen LogP contribution in [0.1, 0.15) is 140 Å². The van der Waals surface area contributed by atoms with E-state index in [9.17, 15) is 67.7 Å². The summed E-state index contributed by atoms with van der Waals surface area (Å²) in [6.45, 7) is 1.29. The Morgan fingerprint density at radius 1 is 0.488 bits per heavy atom. The number of carboxylic acid groups (broad SMARTS) is 1. The van der Waals surface area contributed by atoms with Gasteiger partial charge in [0.25, 0.3) is 0 Å². The number of primary amides is 2. The molecule has 4 aliphatic heterocycles. The molecule has 0 radical (unpaired) electrons. The first-order chi connectivity index (χ1) is 61.7. The number of H-pyrrole nitrogens is 2. The van der Waals surface area contributed by atoms with Crippen LogP contribution in [0.3, 0.4) is 0 Å². The number of aromatic nitrogens is 2. The standard InChI is InChI=1S/C87H121N21O20S/c1-5-7-20-65-79(120)101-63(42-90)78(119)103-64(76(117)95-45-72(92)112)46-129-47-73(113)96-59(36-48-25-27-52(109)28-26-48)85(126)107-34-14-23-67(107)81(122)100-61(40-74(114)115)86(127)108-35-15-24-68(108)82(123)102-62(41-89)77(118)97-57(29-30-71(91)111)84(125)106-33-13-22-66(106)80(121)98-58(37-50-43-93-55-18-11-9-16-53(50)55)70(110)39-49(31-32-88)75(116)99-60(38-51-44-94-56-19-12-10-17-54(51)56)83(124)105(4)69(21-8-6-2)87(128)104(65)3/h9-12,16-19,25-28,43-44,49,57-69,93-94,109H,5-8,13-15,20-24,29-42,45-47,88-90H2,1-4H3,(H2,91,111)(H2,92,112)(H,95,117)(H,96,113)(H,97,118)(H,98,121)(H,99,116)(H,100,122)(H,101,120)(H,102,123)(H,103,119)(H,114,115)/t49-,57+,58+,59+,60+,61+,62+,63+,64+,65+,66+,67+,68+,69+/m1/s1. The molecule has 4 saturated heterocycles. The Balaban J connectivity index is 1.07. The van der Waals surface area contributed by atoms with Crippen molar-refractivity contribution in [2.75, 3.05) is 71.4 Å². The number of hydrogen-bond acceptors (Lipinski definition) is 23. The molecule has 0 aliphatic carbocycles. The van der Waals surface area contributed by atoms with Gasteiger partial charge in [-0.25, -0.2) is 0 Å². The number of carboxylic acids is 1. The van der Waals surface area contributed by atoms with Crippen molar-refractivity contribution >= 4 is 140 Å². The summed E-state index contributed by atoms with van der Waals surface area (Å²) in [5, 5.41) is 45.3. The number of ketones is 1. The number of nitrogens with zero attached hydrogens (tertiary/aromatic N) is 5. The Morgan fingerprint density at radius 3 is 1.47 bits per heavy atom. The van der Waals surface area contributed by atoms with E-state index in [4.69, 9.17) is 28.7 Å². The Bertz CT molecular complexity index is 4890. The number of Topliss-reactive ketones (excluding diaryl/α,β-unsaturated/α-hetero) is 1. The highest BCUT2D eigenvalue weighted by Gasteiger charge is 2.46. The molecule has 0 spiro atoms. The van der Waals surface area contributed by atoms with Crippen molar-refractivity contribution in [1.29, 1.82) is 0 Å². The Kier molecular flexibility index (Phi) is 37.3. The number of benzene rings is 3. The zero-order valence-electron chi connectivity index (χ0n) is 72.9. The van der Waals surface area contributed by atoms with E-state index in [2.05, 4.69) is 57.8 Å². The predicted molar refractivity (Wildman–Crippen MR) is 473 cm³/mol. The van der Waals surface area contributed by atoms with Gasteiger partial charge in [0.15, 0.2) is 5.78 Å². The molecule has 4 fully saturated rings. The smallest absolute Gasteiger partial charge is 0.305 e. The second-order valence-electron chi connectivity index (χ2n) is 33.0. The third-order valence-electron chi connectivity index (χ3n) is 23.9. The number of aliphatic carboxylic acids is 1. The maximum absolute atomic E-state index is 15.7. The van der Waals surface area contributed by atoms with Crippen LogP contribution in [0.15, 0.2) is 85.2 Å². The van der Waals surface area contributed by atoms with Crippen molar-refractivity contribution in [1.82, 2.24) is 82.3 Å². The summed E-state index contributed by atoms with van der Waals surface area (Å²) >= 11 is 0.769. The van der Waals surface area contributed by atoms with Crippen molar-refractivity contribution in [3.63, 3.8) is 0 Å². The van der Waals surface area contributed by atoms with Crippen molar-refractivity contribution in [3.05, 3.63) is 102 Å². The van der Waals surface area contributed by atoms with E-state index in [1.54, 1.807) is 48.8 Å². The fourth-order valence-corrected chi connectivity index (χ4v) is 17.7. The minimum Gasteiger partial charge on any atom is -0.508 e. The lowest BCUT2D eigenvalue weighted by Gasteiger charge is -2.36. The van der Waals surface area contributed by atoms with Crippen LogP contribution in [0.2, 0.25) is 0 Å². The number of nitrogens with two attached hydrogens (primary N) is 5. The molecule has 14 atom stereocenters. The molecular weight excluding hydrogens is 1690 g/mol. The maximum atomic E-state index is 15.7. The molecule has 2 aromatic heterocycles. The fourth-order valence-electron chi connectivity index (χ4n) is 16.8. The molecular formula is C87H121N21O20S. The molecule has 5 aromatic rings. The molecule has 129 heavy (non-hydrogen) atoms. The third kappa shape index (κ3) is 27.0. The van der Waals surface area contributed by atoms with Crippen molar-refractivity contribution in [2.45, 2.75) is 221 Å². The van der Waals surface area contributed by atoms with Crippen LogP contribution in [0.4, 0.5) is 0 Å². The number of phenols is 1. The molecule has 42 heteroatoms. The highest BCUT2D eigenvalue weighted by Crippen LogP contribution is 2.29. The number of amides is 16. The Morgan fingerprint density at radius 2 is 0.953 bits per heavy atom. The number of para-hydroxylation sites is 2. The number of aromatic amines is 2. The van der Waals surface area contributed by atoms with Gasteiger partial charge in [-0.3, -0.25) is 86.3 Å². The normalized spacial score (nSPS) is 25.2. The molecule has 9 rings (SSSR count). The number of phenolic OH excluding ortho intramolecular Hbond substituents is 1. The molecule has 23 N–H and O–H groups in total. The van der Waals surface area contributed by atoms with Crippen molar-refractivity contribution < 1.29 is 96.5 Å². The van der Waals surface area contributed by atoms with Crippen LogP contribution < -0.4 is 76.5 Å². The average Bonchev–Trinajstić information content (AvgIpc) is 1.77. The number of unbranched alkanes of at least 4 members (excludes halogenated alkanes) is 2. The summed E-state index contributed by atoms with van der Waals surface area (Å²) in [4.78, 5) is 272. The quantitative estimate of drug-likeness (QED) is 0.0297. The van der Waals surface area contributed by atoms with Crippen LogP contribution in [0, 0.1) is 5.92 Å². The van der Waals surface area contributed by atoms with E-state index in [0.29, 0.717) is 64.2 Å². The molecule has 700 valence electrons. The monoisotopic (exact) mass is 1810 g/mol. The largest absolute Gasteiger partial charge is 0.508 e. The van der Waals surface area contributed by atoms with Crippen LogP contribution in [-0.4, -0.2) is 301 Å². The van der Waals surface area contributed by atoms with Gasteiger partial charge in [-0.1, -0.05) is 88.1 Å². The zero-order valence-corrected chi connectivity index (χ0v) is 73.8. The van der Waals surface area contributed by atoms with E-state index in [0.717, 1.165) is 26.5 Å². The number of hydrogen-bond donors (Lipinski definition) is 18. The van der Waals surface area contributed by atoms with Crippen LogP contribution in [0.5, 0.6) is 5.75 Å². The van der Waals surface area contributed by atoms with Gasteiger partial charge in [0.1, 0.15) is 78.3 Å². The van der Waals surface area contributed by atoms with Gasteiger partial charge in [0.05, 0.1) is 24.8 Å². The Hall–Kier alpha value is -12.6. The number of likely N-dealkylation sites (N-methyl/N-ethyl adjacent to an activating group) is 2. The molecule has 16 amide bonds. The summed E-state index contributed by atoms with van der Waals surface area (Å²) in [5.74, 6) is -19.0. The molecule has 3 aromatic carbocycles. The number of thioether (sulfide) groups is 1. The summed E-state index contributed by atoms with van der Waals surface area (Å²) in [6, 6.07) is 0.386. The Labute approximate surface area is 749 Å². The molecule has 4 aliphatic rings. The highest BCUT2D eigenvalue weighted by atomic mass is 32.2. The molecule has 6 heterocycles. The fraction of sp³-hybridized carbons (Fsp3) is 0.540. The van der Waals surface area contributed by atoms with E-state index in [1.165, 1.54) is 48.2 Å². The summed E-state index contributed by atoms with van der Waals surface area (Å²) in [5.41, 5.74) is 32.6. The number of rotatable bonds is 24. The SMILES string of the molecule is CCCC[C@H]1C(=O)N(C)[C@@H](CCCC)C(=O)N[C@@H](CN)C(=O)N[C@H](C(=O)NCC(N)=O)CSCC(=O)N[C@@H](Cc2ccc(O)cc2)C(=O)N2CCC[C@H]2C(=O)N[C@@H](CC(=O)O)C(=O)N2CCC[C@H]2C(=O)N[C@@H](CN)C(=O)N[C@@H](CCC(N)=O)C(=O)N2CCC[C@H]2C(=O)N[C@@H](Cc2c[nH]c3ccccc23)C(=O)C[C@@H](CCN)C(=O)N[C@@H](Cc2c[nH]c3ccccc23)C(=O)N1C. The minimum absolute atomic E-state index is 0.0101. The first-order valence-corrected chi connectivity index (χ1v) is 44.9. The lowest BCUT2D eigenvalue weighted by atomic mass is 9.91. The van der Waals surface area contributed by atoms with E-state index in [1.807, 2.05) is 26.0 Å². The second-order valence-corrected chi connectivity index (χ2v) is 34.1. The third-order valence-corrected chi connectivity index (χ3v) is 24.9. The highest BCUT2D eigenvalue weighted by molar-refractivity contribution is 8.00. The number of carbonyl (C=O) groups is 18. The summed E-state index contributed by atoms with van der Waals surface area (Å²) in [7, 11) is 2.75. The van der Waals surface area contributed by atoms with Gasteiger partial charge in [0, 0.05) is 125 Å². The van der Waals surface area contributed by atoms with E-state index in [-0.39, 0.29) is 109 Å². The van der Waals surface area contributed by atoms with Gasteiger partial charge in [0.2, 0.25) is 94.5 Å². The van der Waals surface area contributed by atoms with Crippen molar-refractivity contribution in [2.24, 2.45) is 34.6 Å². The average molecular weight is 1810 g/mol. The van der Waals surface area contributed by atoms with Crippen LogP contribution >= 0.6 is 11.8 Å². The van der Waals surface area contributed by atoms with E-state index >= 15 is 28.8 Å². The zero-order chi connectivity index (χ0) is 93.9. The molecule has 0 unspecified atom stereocenters. The molecule has 41 nitrogen and oxygen atoms in total. The lowest BCUT2D eigenvalue weighted by Crippen LogP contribution is -2.61. The second kappa shape index (κ2) is 48.0. The minimum atomic E-state index is -1.87. The lowest BCUT2D eigenvalue weighted by molar-refractivity contribution is -0.149. The van der Waals surface area contributed by atoms with Gasteiger partial charge in [-0.2, -0.15) is 0 Å². The topological polar surface area (TPSA) is 634 Å². The molecule has 0 saturated carbocycles. The van der Waals surface area contributed by atoms with Crippen LogP contribution in [0.25, 0.3) is 21.8 Å².